The Bertz CT molecular complexity index is 281. The molecule has 0 aliphatic carbocycles. The molecule has 3 N–H and O–H groups in total. The van der Waals surface area contributed by atoms with E-state index in [9.17, 15) is 9.59 Å². The number of carbonyl (C=O) groups is 2. The first-order valence-corrected chi connectivity index (χ1v) is 5.95. The first kappa shape index (κ1) is 13.8. The predicted molar refractivity (Wildman–Crippen MR) is 63.4 cm³/mol. The fourth-order valence-electron chi connectivity index (χ4n) is 1.56. The second kappa shape index (κ2) is 6.44. The predicted octanol–water partition coefficient (Wildman–Crippen LogP) is -0.0718. The highest BCUT2D eigenvalue weighted by Gasteiger charge is 2.31. The van der Waals surface area contributed by atoms with Crippen LogP contribution < -0.4 is 11.1 Å². The van der Waals surface area contributed by atoms with Crippen LogP contribution in [0.3, 0.4) is 0 Å². The maximum absolute atomic E-state index is 11.5. The summed E-state index contributed by atoms with van der Waals surface area (Å²) in [6.07, 6.45) is 0.187. The van der Waals surface area contributed by atoms with E-state index in [-0.39, 0.29) is 25.1 Å². The lowest BCUT2D eigenvalue weighted by molar-refractivity contribution is -0.121. The van der Waals surface area contributed by atoms with Gasteiger partial charge in [-0.2, -0.15) is 0 Å². The highest BCUT2D eigenvalue weighted by molar-refractivity contribution is 5.82. The van der Waals surface area contributed by atoms with E-state index in [1.54, 1.807) is 0 Å². The molecule has 0 spiro atoms. The summed E-state index contributed by atoms with van der Waals surface area (Å²) in [5.74, 6) is 0.397. The summed E-state index contributed by atoms with van der Waals surface area (Å²) in [5, 5.41) is 2.77. The van der Waals surface area contributed by atoms with Crippen LogP contribution in [0.25, 0.3) is 0 Å². The van der Waals surface area contributed by atoms with Crippen molar-refractivity contribution in [3.05, 3.63) is 0 Å². The van der Waals surface area contributed by atoms with E-state index in [0.717, 1.165) is 6.42 Å². The van der Waals surface area contributed by atoms with E-state index in [1.165, 1.54) is 4.90 Å². The number of nitrogens with two attached hydrogens (primary N) is 1. The van der Waals surface area contributed by atoms with Crippen molar-refractivity contribution in [1.82, 2.24) is 10.2 Å². The van der Waals surface area contributed by atoms with Crippen LogP contribution in [0, 0.1) is 5.92 Å². The monoisotopic (exact) mass is 243 g/mol. The van der Waals surface area contributed by atoms with Crippen LogP contribution in [0.4, 0.5) is 4.79 Å². The number of cyclic esters (lactones) is 1. The molecule has 98 valence electrons. The van der Waals surface area contributed by atoms with E-state index in [4.69, 9.17) is 10.5 Å². The van der Waals surface area contributed by atoms with Gasteiger partial charge in [0.15, 0.2) is 0 Å². The number of hydrogen-bond acceptors (Lipinski definition) is 4. The molecule has 1 unspecified atom stereocenters. The number of amides is 2. The van der Waals surface area contributed by atoms with Crippen LogP contribution in [-0.2, 0) is 9.53 Å². The van der Waals surface area contributed by atoms with Gasteiger partial charge in [0.25, 0.3) is 0 Å². The van der Waals surface area contributed by atoms with Crippen LogP contribution in [0.1, 0.15) is 20.3 Å². The fraction of sp³-hybridized carbons (Fsp3) is 0.818. The molecule has 1 atom stereocenters. The maximum Gasteiger partial charge on any atom is 0.410 e. The Morgan fingerprint density at radius 3 is 2.88 bits per heavy atom. The molecule has 0 aromatic carbocycles. The molecular weight excluding hydrogens is 222 g/mol. The van der Waals surface area contributed by atoms with Gasteiger partial charge in [0.05, 0.1) is 6.54 Å². The van der Waals surface area contributed by atoms with E-state index >= 15 is 0 Å². The van der Waals surface area contributed by atoms with Gasteiger partial charge in [-0.1, -0.05) is 13.8 Å². The zero-order chi connectivity index (χ0) is 12.8. The maximum atomic E-state index is 11.5. The van der Waals surface area contributed by atoms with Crippen LogP contribution in [0.2, 0.25) is 0 Å². The van der Waals surface area contributed by atoms with Gasteiger partial charge in [-0.05, 0) is 12.3 Å². The first-order valence-electron chi connectivity index (χ1n) is 5.95. The minimum Gasteiger partial charge on any atom is -0.443 e. The summed E-state index contributed by atoms with van der Waals surface area (Å²) < 4.78 is 4.95. The van der Waals surface area contributed by atoms with E-state index < -0.39 is 6.09 Å². The summed E-state index contributed by atoms with van der Waals surface area (Å²) >= 11 is 0. The van der Waals surface area contributed by atoms with E-state index in [2.05, 4.69) is 19.2 Å². The van der Waals surface area contributed by atoms with Gasteiger partial charge in [-0.25, -0.2) is 4.79 Å². The number of hydrogen-bond donors (Lipinski definition) is 2. The van der Waals surface area contributed by atoms with Crippen LogP contribution >= 0.6 is 0 Å². The summed E-state index contributed by atoms with van der Waals surface area (Å²) in [5.41, 5.74) is 5.40. The van der Waals surface area contributed by atoms with Gasteiger partial charge in [0, 0.05) is 13.1 Å². The average molecular weight is 243 g/mol. The molecule has 0 radical (unpaired) electrons. The highest BCUT2D eigenvalue weighted by atomic mass is 16.6. The highest BCUT2D eigenvalue weighted by Crippen LogP contribution is 2.09. The lowest BCUT2D eigenvalue weighted by Gasteiger charge is -2.13. The van der Waals surface area contributed by atoms with Gasteiger partial charge in [0.2, 0.25) is 5.91 Å². The van der Waals surface area contributed by atoms with Crippen LogP contribution in [-0.4, -0.2) is 49.2 Å². The second-order valence-electron chi connectivity index (χ2n) is 4.65. The molecule has 0 aromatic rings. The van der Waals surface area contributed by atoms with Crippen molar-refractivity contribution < 1.29 is 14.3 Å². The van der Waals surface area contributed by atoms with Crippen molar-refractivity contribution in [2.45, 2.75) is 26.4 Å². The summed E-state index contributed by atoms with van der Waals surface area (Å²) in [4.78, 5) is 24.2. The van der Waals surface area contributed by atoms with Gasteiger partial charge in [-0.15, -0.1) is 0 Å². The fourth-order valence-corrected chi connectivity index (χ4v) is 1.56. The molecule has 1 heterocycles. The Labute approximate surface area is 101 Å². The summed E-state index contributed by atoms with van der Waals surface area (Å²) in [7, 11) is 0. The number of ether oxygens (including phenoxy) is 1. The molecule has 1 saturated heterocycles. The molecule has 17 heavy (non-hydrogen) atoms. The Morgan fingerprint density at radius 1 is 1.65 bits per heavy atom. The quantitative estimate of drug-likeness (QED) is 0.684. The molecule has 1 fully saturated rings. The smallest absolute Gasteiger partial charge is 0.410 e. The number of nitrogens with one attached hydrogen (secondary N) is 1. The Morgan fingerprint density at radius 2 is 2.35 bits per heavy atom. The molecule has 1 rings (SSSR count). The topological polar surface area (TPSA) is 84.7 Å². The summed E-state index contributed by atoms with van der Waals surface area (Å²) in [6, 6.07) is 0. The second-order valence-corrected chi connectivity index (χ2v) is 4.65. The zero-order valence-electron chi connectivity index (χ0n) is 10.4. The van der Waals surface area contributed by atoms with Gasteiger partial charge in [0.1, 0.15) is 12.6 Å². The third kappa shape index (κ3) is 4.60. The standard InChI is InChI=1S/C11H21N3O3/c1-8(2)3-4-13-10(15)7-14-6-9(5-12)17-11(14)16/h8-9H,3-7,12H2,1-2H3,(H,13,15). The first-order chi connectivity index (χ1) is 8.02. The SMILES string of the molecule is CC(C)CCNC(=O)CN1CC(CN)OC1=O. The molecule has 1 aliphatic heterocycles. The van der Waals surface area contributed by atoms with Crippen molar-refractivity contribution in [3.8, 4) is 0 Å². The molecule has 2 amide bonds. The van der Waals surface area contributed by atoms with Crippen molar-refractivity contribution in [1.29, 1.82) is 0 Å². The van der Waals surface area contributed by atoms with Gasteiger partial charge < -0.3 is 15.8 Å². The molecule has 0 bridgehead atoms. The largest absolute Gasteiger partial charge is 0.443 e. The van der Waals surface area contributed by atoms with Crippen molar-refractivity contribution in [3.63, 3.8) is 0 Å². The number of rotatable bonds is 6. The number of carbonyl (C=O) groups excluding carboxylic acids is 2. The van der Waals surface area contributed by atoms with Crippen LogP contribution in [0.15, 0.2) is 0 Å². The molecular formula is C11H21N3O3. The number of nitrogens with zero attached hydrogens (tertiary/aromatic N) is 1. The van der Waals surface area contributed by atoms with Crippen molar-refractivity contribution in [2.24, 2.45) is 11.7 Å². The zero-order valence-corrected chi connectivity index (χ0v) is 10.4. The van der Waals surface area contributed by atoms with Gasteiger partial charge >= 0.3 is 6.09 Å². The minimum atomic E-state index is -0.459. The Hall–Kier alpha value is -1.30. The van der Waals surface area contributed by atoms with E-state index in [1.807, 2.05) is 0 Å². The van der Waals surface area contributed by atoms with Crippen molar-refractivity contribution in [2.75, 3.05) is 26.2 Å². The Balaban J connectivity index is 2.24. The average Bonchev–Trinajstić information content (AvgIpc) is 2.59. The minimum absolute atomic E-state index is 0.0490. The summed E-state index contributed by atoms with van der Waals surface area (Å²) in [6.45, 7) is 5.56. The molecule has 1 aliphatic rings. The third-order valence-corrected chi connectivity index (χ3v) is 2.59. The molecule has 6 heteroatoms. The van der Waals surface area contributed by atoms with Gasteiger partial charge in [-0.3, -0.25) is 9.69 Å². The molecule has 0 aromatic heterocycles. The molecule has 0 saturated carbocycles. The lowest BCUT2D eigenvalue weighted by Crippen LogP contribution is -2.39. The third-order valence-electron chi connectivity index (χ3n) is 2.59. The normalized spacial score (nSPS) is 19.6. The van der Waals surface area contributed by atoms with Crippen molar-refractivity contribution >= 4 is 12.0 Å². The molecule has 6 nitrogen and oxygen atoms in total. The Kier molecular flexibility index (Phi) is 5.21. The lowest BCUT2D eigenvalue weighted by atomic mass is 10.1. The van der Waals surface area contributed by atoms with Crippen LogP contribution in [0.5, 0.6) is 0 Å². The van der Waals surface area contributed by atoms with E-state index in [0.29, 0.717) is 19.0 Å².